The molecule has 0 bridgehead atoms. The van der Waals surface area contributed by atoms with Gasteiger partial charge in [-0.05, 0) is 12.1 Å². The first kappa shape index (κ1) is 11.3. The Labute approximate surface area is 104 Å². The van der Waals surface area contributed by atoms with Crippen LogP contribution in [-0.2, 0) is 9.05 Å². The van der Waals surface area contributed by atoms with E-state index >= 15 is 0 Å². The zero-order valence-corrected chi connectivity index (χ0v) is 10.9. The van der Waals surface area contributed by atoms with E-state index in [-0.39, 0.29) is 4.34 Å². The second-order valence-electron chi connectivity index (χ2n) is 2.53. The van der Waals surface area contributed by atoms with Crippen molar-refractivity contribution in [1.82, 2.24) is 4.98 Å². The van der Waals surface area contributed by atoms with E-state index < -0.39 is 9.05 Å². The van der Waals surface area contributed by atoms with Gasteiger partial charge >= 0.3 is 0 Å². The Balaban J connectivity index is 2.44. The van der Waals surface area contributed by atoms with Gasteiger partial charge in [0.2, 0.25) is 4.34 Å². The van der Waals surface area contributed by atoms with Gasteiger partial charge in [0.05, 0.1) is 9.21 Å². The van der Waals surface area contributed by atoms with E-state index in [1.54, 1.807) is 6.07 Å². The normalized spacial score (nSPS) is 11.9. The van der Waals surface area contributed by atoms with E-state index in [9.17, 15) is 8.42 Å². The van der Waals surface area contributed by atoms with Crippen molar-refractivity contribution < 1.29 is 8.42 Å². The number of rotatable bonds is 2. The number of halogens is 2. The molecule has 2 aromatic heterocycles. The maximum absolute atomic E-state index is 11.0. The maximum atomic E-state index is 11.0. The molecule has 2 rings (SSSR count). The Morgan fingerprint density at radius 3 is 2.40 bits per heavy atom. The molecule has 0 aliphatic heterocycles. The van der Waals surface area contributed by atoms with Crippen molar-refractivity contribution in [3.63, 3.8) is 0 Å². The van der Waals surface area contributed by atoms with E-state index in [0.717, 1.165) is 21.1 Å². The summed E-state index contributed by atoms with van der Waals surface area (Å²) in [6.45, 7) is 0. The zero-order chi connectivity index (χ0) is 11.1. The van der Waals surface area contributed by atoms with Crippen molar-refractivity contribution in [2.75, 3.05) is 0 Å². The fourth-order valence-electron chi connectivity index (χ4n) is 0.931. The highest BCUT2D eigenvalue weighted by atomic mass is 35.7. The van der Waals surface area contributed by atoms with E-state index in [1.807, 2.05) is 6.07 Å². The molecule has 0 aliphatic rings. The molecule has 0 atom stereocenters. The lowest BCUT2D eigenvalue weighted by molar-refractivity contribution is 0.609. The van der Waals surface area contributed by atoms with Gasteiger partial charge in [0.1, 0.15) is 0 Å². The molecular formula is C7H3Cl2NO2S3. The Kier molecular flexibility index (Phi) is 3.05. The summed E-state index contributed by atoms with van der Waals surface area (Å²) in [6.07, 6.45) is 1.47. The fraction of sp³-hybridized carbons (Fsp3) is 0. The molecule has 0 amide bonds. The van der Waals surface area contributed by atoms with Crippen LogP contribution in [0.1, 0.15) is 0 Å². The van der Waals surface area contributed by atoms with E-state index in [2.05, 4.69) is 4.98 Å². The van der Waals surface area contributed by atoms with Gasteiger partial charge < -0.3 is 0 Å². The number of nitrogens with zero attached hydrogens (tertiary/aromatic N) is 1. The minimum atomic E-state index is -3.73. The van der Waals surface area contributed by atoms with Gasteiger partial charge in [-0.2, -0.15) is 0 Å². The molecule has 0 saturated heterocycles. The number of hydrogen-bond donors (Lipinski definition) is 0. The Morgan fingerprint density at radius 1 is 1.20 bits per heavy atom. The van der Waals surface area contributed by atoms with Gasteiger partial charge in [0.25, 0.3) is 9.05 Å². The topological polar surface area (TPSA) is 47.0 Å². The van der Waals surface area contributed by atoms with Crippen LogP contribution in [-0.4, -0.2) is 13.4 Å². The van der Waals surface area contributed by atoms with Crippen molar-refractivity contribution in [3.05, 3.63) is 22.7 Å². The van der Waals surface area contributed by atoms with Gasteiger partial charge in [0.15, 0.2) is 0 Å². The highest BCUT2D eigenvalue weighted by molar-refractivity contribution is 8.15. The summed E-state index contributed by atoms with van der Waals surface area (Å²) >= 11 is 8.16. The molecule has 15 heavy (non-hydrogen) atoms. The Bertz CT molecular complexity index is 587. The lowest BCUT2D eigenvalue weighted by atomic mass is 10.4. The molecule has 0 N–H and O–H groups in total. The van der Waals surface area contributed by atoms with Gasteiger partial charge in [-0.1, -0.05) is 11.6 Å². The third-order valence-corrected chi connectivity index (χ3v) is 5.87. The number of hydrogen-bond acceptors (Lipinski definition) is 5. The van der Waals surface area contributed by atoms with Crippen LogP contribution in [0.25, 0.3) is 9.75 Å². The summed E-state index contributed by atoms with van der Waals surface area (Å²) in [5.74, 6) is 0. The molecule has 0 unspecified atom stereocenters. The average Bonchev–Trinajstić information content (AvgIpc) is 2.69. The molecular weight excluding hydrogens is 297 g/mol. The predicted molar refractivity (Wildman–Crippen MR) is 63.5 cm³/mol. The molecule has 0 saturated carbocycles. The molecule has 0 spiro atoms. The Hall–Kier alpha value is -0.140. The van der Waals surface area contributed by atoms with Crippen LogP contribution in [0, 0.1) is 0 Å². The van der Waals surface area contributed by atoms with Crippen molar-refractivity contribution in [3.8, 4) is 9.75 Å². The molecule has 2 aromatic rings. The van der Waals surface area contributed by atoms with Crippen LogP contribution in [0.2, 0.25) is 4.34 Å². The summed E-state index contributed by atoms with van der Waals surface area (Å²) in [6, 6.07) is 3.56. The second kappa shape index (κ2) is 4.03. The number of aromatic nitrogens is 1. The first-order valence-corrected chi connectivity index (χ1v) is 7.95. The van der Waals surface area contributed by atoms with Crippen molar-refractivity contribution in [2.45, 2.75) is 4.34 Å². The van der Waals surface area contributed by atoms with Crippen LogP contribution in [0.5, 0.6) is 0 Å². The van der Waals surface area contributed by atoms with Gasteiger partial charge in [-0.3, -0.25) is 0 Å². The standard InChI is InChI=1S/C7H3Cl2NO2S3/c8-6-2-1-4(13-6)5-3-10-7(14-5)15(9,11)12/h1-3H. The zero-order valence-electron chi connectivity index (χ0n) is 6.98. The molecule has 0 radical (unpaired) electrons. The SMILES string of the molecule is O=S(=O)(Cl)c1ncc(-c2ccc(Cl)s2)s1. The largest absolute Gasteiger partial charge is 0.288 e. The fourth-order valence-corrected chi connectivity index (χ4v) is 3.95. The number of thiophene rings is 1. The van der Waals surface area contributed by atoms with Gasteiger partial charge in [0, 0.05) is 21.8 Å². The molecule has 0 aliphatic carbocycles. The third kappa shape index (κ3) is 2.51. The van der Waals surface area contributed by atoms with Crippen LogP contribution in [0.15, 0.2) is 22.7 Å². The van der Waals surface area contributed by atoms with Gasteiger partial charge in [-0.15, -0.1) is 22.7 Å². The first-order valence-electron chi connectivity index (χ1n) is 3.63. The third-order valence-electron chi connectivity index (χ3n) is 1.51. The maximum Gasteiger partial charge on any atom is 0.288 e. The van der Waals surface area contributed by atoms with Crippen LogP contribution in [0.4, 0.5) is 0 Å². The molecule has 0 fully saturated rings. The summed E-state index contributed by atoms with van der Waals surface area (Å²) < 4.78 is 22.5. The lowest BCUT2D eigenvalue weighted by Gasteiger charge is -1.86. The molecule has 0 aromatic carbocycles. The second-order valence-corrected chi connectivity index (χ2v) is 8.02. The lowest BCUT2D eigenvalue weighted by Crippen LogP contribution is -1.86. The Morgan fingerprint density at radius 2 is 1.93 bits per heavy atom. The summed E-state index contributed by atoms with van der Waals surface area (Å²) in [5, 5.41) is 0. The highest BCUT2D eigenvalue weighted by Gasteiger charge is 2.16. The van der Waals surface area contributed by atoms with Crippen LogP contribution in [0.3, 0.4) is 0 Å². The smallest absolute Gasteiger partial charge is 0.232 e. The summed E-state index contributed by atoms with van der Waals surface area (Å²) in [7, 11) is 1.43. The van der Waals surface area contributed by atoms with Crippen molar-refractivity contribution in [2.24, 2.45) is 0 Å². The molecule has 8 heteroatoms. The van der Waals surface area contributed by atoms with Crippen LogP contribution >= 0.6 is 45.0 Å². The number of thiazole rings is 1. The average molecular weight is 300 g/mol. The van der Waals surface area contributed by atoms with E-state index in [4.69, 9.17) is 22.3 Å². The van der Waals surface area contributed by atoms with Gasteiger partial charge in [-0.25, -0.2) is 13.4 Å². The molecule has 80 valence electrons. The van der Waals surface area contributed by atoms with E-state index in [1.165, 1.54) is 17.5 Å². The predicted octanol–water partition coefficient (Wildman–Crippen LogP) is 3.45. The monoisotopic (exact) mass is 299 g/mol. The minimum Gasteiger partial charge on any atom is -0.232 e. The minimum absolute atomic E-state index is 0.0938. The first-order chi connectivity index (χ1) is 6.97. The summed E-state index contributed by atoms with van der Waals surface area (Å²) in [5.41, 5.74) is 0. The highest BCUT2D eigenvalue weighted by Crippen LogP contribution is 2.35. The van der Waals surface area contributed by atoms with Crippen molar-refractivity contribution in [1.29, 1.82) is 0 Å². The van der Waals surface area contributed by atoms with Crippen LogP contribution < -0.4 is 0 Å². The molecule has 2 heterocycles. The summed E-state index contributed by atoms with van der Waals surface area (Å²) in [4.78, 5) is 5.36. The molecule has 3 nitrogen and oxygen atoms in total. The van der Waals surface area contributed by atoms with Crippen molar-refractivity contribution >= 4 is 54.0 Å². The van der Waals surface area contributed by atoms with E-state index in [0.29, 0.717) is 4.34 Å². The quantitative estimate of drug-likeness (QED) is 0.798.